The highest BCUT2D eigenvalue weighted by atomic mass is 35.5. The number of imidazole rings is 1. The third-order valence-electron chi connectivity index (χ3n) is 3.38. The zero-order valence-electron chi connectivity index (χ0n) is 10.6. The zero-order chi connectivity index (χ0) is 13.6. The van der Waals surface area contributed by atoms with Crippen LogP contribution in [0.3, 0.4) is 0 Å². The molecule has 0 saturated heterocycles. The highest BCUT2D eigenvalue weighted by Crippen LogP contribution is 2.29. The number of nitrogens with two attached hydrogens (primary N) is 1. The Hall–Kier alpha value is -1.75. The molecule has 6 heteroatoms. The van der Waals surface area contributed by atoms with Crippen LogP contribution < -0.4 is 11.1 Å². The van der Waals surface area contributed by atoms with Gasteiger partial charge >= 0.3 is 0 Å². The number of carbonyl (C=O) groups excluding carboxylic acids is 1. The van der Waals surface area contributed by atoms with E-state index in [1.54, 1.807) is 17.6 Å². The van der Waals surface area contributed by atoms with Crippen molar-refractivity contribution in [2.24, 2.45) is 0 Å². The number of aromatic nitrogens is 2. The van der Waals surface area contributed by atoms with E-state index < -0.39 is 6.04 Å². The fourth-order valence-corrected chi connectivity index (χ4v) is 2.44. The van der Waals surface area contributed by atoms with Crippen LogP contribution in [0.15, 0.2) is 18.2 Å². The quantitative estimate of drug-likeness (QED) is 0.903. The van der Waals surface area contributed by atoms with Crippen molar-refractivity contribution in [2.75, 3.05) is 5.73 Å². The first-order valence-electron chi connectivity index (χ1n) is 6.30. The number of nitrogen functional groups attached to an aromatic ring is 1. The average Bonchev–Trinajstić information content (AvgIpc) is 3.10. The van der Waals surface area contributed by atoms with E-state index in [-0.39, 0.29) is 5.91 Å². The Labute approximate surface area is 115 Å². The van der Waals surface area contributed by atoms with E-state index in [1.165, 1.54) is 0 Å². The number of hydrogen-bond acceptors (Lipinski definition) is 3. The molecule has 5 nitrogen and oxygen atoms in total. The predicted molar refractivity (Wildman–Crippen MR) is 75.0 cm³/mol. The van der Waals surface area contributed by atoms with Crippen LogP contribution in [0.4, 0.5) is 5.95 Å². The van der Waals surface area contributed by atoms with Crippen molar-refractivity contribution >= 4 is 34.5 Å². The van der Waals surface area contributed by atoms with Crippen molar-refractivity contribution in [3.05, 3.63) is 23.2 Å². The van der Waals surface area contributed by atoms with E-state index in [0.717, 1.165) is 12.8 Å². The van der Waals surface area contributed by atoms with Crippen molar-refractivity contribution in [1.82, 2.24) is 14.9 Å². The van der Waals surface area contributed by atoms with Gasteiger partial charge in [-0.2, -0.15) is 0 Å². The van der Waals surface area contributed by atoms with Gasteiger partial charge in [0.2, 0.25) is 11.9 Å². The van der Waals surface area contributed by atoms with E-state index in [1.807, 2.05) is 12.1 Å². The number of fused-ring (bicyclic) bond motifs is 1. The molecule has 0 spiro atoms. The minimum Gasteiger partial charge on any atom is -0.369 e. The molecule has 2 aromatic rings. The Morgan fingerprint density at radius 1 is 1.58 bits per heavy atom. The van der Waals surface area contributed by atoms with Gasteiger partial charge in [-0.05, 0) is 31.9 Å². The first kappa shape index (κ1) is 12.3. The summed E-state index contributed by atoms with van der Waals surface area (Å²) in [5, 5.41) is 3.52. The fraction of sp³-hybridized carbons (Fsp3) is 0.385. The SMILES string of the molecule is CC(C(=O)NC1CC1)n1c(N)nc2cccc(Cl)c21. The van der Waals surface area contributed by atoms with Crippen LogP contribution in [0.1, 0.15) is 25.8 Å². The Balaban J connectivity index is 2.03. The zero-order valence-corrected chi connectivity index (χ0v) is 11.3. The second-order valence-electron chi connectivity index (χ2n) is 4.91. The molecule has 1 saturated carbocycles. The van der Waals surface area contributed by atoms with Gasteiger partial charge in [0.1, 0.15) is 6.04 Å². The summed E-state index contributed by atoms with van der Waals surface area (Å²) in [7, 11) is 0. The maximum absolute atomic E-state index is 12.1. The van der Waals surface area contributed by atoms with E-state index in [9.17, 15) is 4.79 Å². The van der Waals surface area contributed by atoms with Crippen LogP contribution in [0.25, 0.3) is 11.0 Å². The molecule has 1 amide bonds. The summed E-state index contributed by atoms with van der Waals surface area (Å²) >= 11 is 6.19. The van der Waals surface area contributed by atoms with E-state index in [0.29, 0.717) is 28.0 Å². The first-order chi connectivity index (χ1) is 9.08. The Morgan fingerprint density at radius 3 is 3.00 bits per heavy atom. The largest absolute Gasteiger partial charge is 0.369 e. The molecule has 0 bridgehead atoms. The van der Waals surface area contributed by atoms with Crippen molar-refractivity contribution in [1.29, 1.82) is 0 Å². The second-order valence-corrected chi connectivity index (χ2v) is 5.31. The van der Waals surface area contributed by atoms with Gasteiger partial charge in [-0.1, -0.05) is 17.7 Å². The molecule has 3 N–H and O–H groups in total. The maximum Gasteiger partial charge on any atom is 0.243 e. The standard InChI is InChI=1S/C13H15ClN4O/c1-7(12(19)16-8-5-6-8)18-11-9(14)3-2-4-10(11)17-13(18)15/h2-4,7-8H,5-6H2,1H3,(H2,15,17)(H,16,19). The topological polar surface area (TPSA) is 72.9 Å². The molecule has 1 aliphatic rings. The Kier molecular flexibility index (Phi) is 2.86. The number of carbonyl (C=O) groups is 1. The van der Waals surface area contributed by atoms with Crippen LogP contribution in [-0.4, -0.2) is 21.5 Å². The highest BCUT2D eigenvalue weighted by Gasteiger charge is 2.28. The summed E-state index contributed by atoms with van der Waals surface area (Å²) in [6.07, 6.45) is 2.11. The van der Waals surface area contributed by atoms with Gasteiger partial charge in [-0.25, -0.2) is 4.98 Å². The molecule has 3 rings (SSSR count). The van der Waals surface area contributed by atoms with Gasteiger partial charge in [0.25, 0.3) is 0 Å². The predicted octanol–water partition coefficient (Wildman–Crippen LogP) is 2.11. The van der Waals surface area contributed by atoms with E-state index >= 15 is 0 Å². The van der Waals surface area contributed by atoms with Gasteiger partial charge in [0.15, 0.2) is 0 Å². The third-order valence-corrected chi connectivity index (χ3v) is 3.68. The monoisotopic (exact) mass is 278 g/mol. The number of amides is 1. The number of halogens is 1. The van der Waals surface area contributed by atoms with E-state index in [4.69, 9.17) is 17.3 Å². The normalized spacial score (nSPS) is 16.5. The third kappa shape index (κ3) is 2.14. The number of hydrogen-bond donors (Lipinski definition) is 2. The smallest absolute Gasteiger partial charge is 0.243 e. The summed E-state index contributed by atoms with van der Waals surface area (Å²) in [6.45, 7) is 1.80. The van der Waals surface area contributed by atoms with Crippen molar-refractivity contribution in [3.8, 4) is 0 Å². The van der Waals surface area contributed by atoms with Gasteiger partial charge in [-0.15, -0.1) is 0 Å². The molecule has 0 aliphatic heterocycles. The number of nitrogens with one attached hydrogen (secondary N) is 1. The maximum atomic E-state index is 12.1. The lowest BCUT2D eigenvalue weighted by Crippen LogP contribution is -2.32. The molecule has 1 heterocycles. The Bertz CT molecular complexity index is 647. The molecule has 1 atom stereocenters. The number of nitrogens with zero attached hydrogens (tertiary/aromatic N) is 2. The molecule has 1 aliphatic carbocycles. The molecule has 19 heavy (non-hydrogen) atoms. The molecule has 1 unspecified atom stereocenters. The molecular formula is C13H15ClN4O. The second kappa shape index (κ2) is 4.42. The summed E-state index contributed by atoms with van der Waals surface area (Å²) in [5.74, 6) is 0.259. The molecule has 1 aromatic carbocycles. The van der Waals surface area contributed by atoms with Crippen LogP contribution in [0.5, 0.6) is 0 Å². The minimum absolute atomic E-state index is 0.0478. The fourth-order valence-electron chi connectivity index (χ4n) is 2.18. The average molecular weight is 279 g/mol. The van der Waals surface area contributed by atoms with Gasteiger partial charge in [-0.3, -0.25) is 9.36 Å². The lowest BCUT2D eigenvalue weighted by molar-refractivity contribution is -0.123. The summed E-state index contributed by atoms with van der Waals surface area (Å²) in [6, 6.07) is 5.31. The van der Waals surface area contributed by atoms with Crippen molar-refractivity contribution in [3.63, 3.8) is 0 Å². The Morgan fingerprint density at radius 2 is 2.32 bits per heavy atom. The lowest BCUT2D eigenvalue weighted by atomic mass is 10.2. The van der Waals surface area contributed by atoms with Crippen LogP contribution in [0.2, 0.25) is 5.02 Å². The molecule has 0 radical (unpaired) electrons. The van der Waals surface area contributed by atoms with E-state index in [2.05, 4.69) is 10.3 Å². The minimum atomic E-state index is -0.425. The van der Waals surface area contributed by atoms with Crippen LogP contribution in [0, 0.1) is 0 Å². The number of benzene rings is 1. The van der Waals surface area contributed by atoms with Crippen LogP contribution in [-0.2, 0) is 4.79 Å². The molecule has 100 valence electrons. The summed E-state index contributed by atoms with van der Waals surface area (Å²) in [4.78, 5) is 16.4. The van der Waals surface area contributed by atoms with Crippen molar-refractivity contribution < 1.29 is 4.79 Å². The van der Waals surface area contributed by atoms with Gasteiger partial charge in [0.05, 0.1) is 16.1 Å². The number of anilines is 1. The van der Waals surface area contributed by atoms with Gasteiger partial charge < -0.3 is 11.1 Å². The first-order valence-corrected chi connectivity index (χ1v) is 6.68. The molecule has 1 fully saturated rings. The van der Waals surface area contributed by atoms with Crippen molar-refractivity contribution in [2.45, 2.75) is 31.8 Å². The molecular weight excluding hydrogens is 264 g/mol. The van der Waals surface area contributed by atoms with Crippen LogP contribution >= 0.6 is 11.6 Å². The highest BCUT2D eigenvalue weighted by molar-refractivity contribution is 6.35. The summed E-state index contributed by atoms with van der Waals surface area (Å²) in [5.41, 5.74) is 7.33. The lowest BCUT2D eigenvalue weighted by Gasteiger charge is -2.16. The van der Waals surface area contributed by atoms with Gasteiger partial charge in [0, 0.05) is 6.04 Å². The number of rotatable bonds is 3. The molecule has 1 aromatic heterocycles. The number of para-hydroxylation sites is 1. The summed E-state index contributed by atoms with van der Waals surface area (Å²) < 4.78 is 1.69.